The molecule has 5 atom stereocenters. The van der Waals surface area contributed by atoms with Crippen LogP contribution in [0.5, 0.6) is 5.75 Å². The lowest BCUT2D eigenvalue weighted by Gasteiger charge is -2.37. The lowest BCUT2D eigenvalue weighted by Crippen LogP contribution is -2.56. The molecule has 1 aromatic heterocycles. The molecule has 48 heavy (non-hydrogen) atoms. The molecule has 4 heterocycles. The first-order chi connectivity index (χ1) is 23.2. The smallest absolute Gasteiger partial charge is 0.250 e. The minimum atomic E-state index is -1.20. The maximum atomic E-state index is 14.8. The van der Waals surface area contributed by atoms with Crippen molar-refractivity contribution in [2.75, 3.05) is 37.7 Å². The summed E-state index contributed by atoms with van der Waals surface area (Å²) in [7, 11) is 0. The van der Waals surface area contributed by atoms with Crippen LogP contribution in [0.3, 0.4) is 0 Å². The molecule has 1 spiro atoms. The van der Waals surface area contributed by atoms with Gasteiger partial charge in [-0.2, -0.15) is 0 Å². The van der Waals surface area contributed by atoms with Crippen LogP contribution in [0.2, 0.25) is 0 Å². The summed E-state index contributed by atoms with van der Waals surface area (Å²) in [5.74, 6) is -1.82. The van der Waals surface area contributed by atoms with Gasteiger partial charge in [0, 0.05) is 31.9 Å². The molecule has 12 nitrogen and oxygen atoms in total. The monoisotopic (exact) mass is 656 g/mol. The van der Waals surface area contributed by atoms with Crippen LogP contribution in [0.15, 0.2) is 73.8 Å². The predicted molar refractivity (Wildman–Crippen MR) is 180 cm³/mol. The van der Waals surface area contributed by atoms with Crippen molar-refractivity contribution in [3.63, 3.8) is 0 Å². The average molecular weight is 657 g/mol. The number of fused-ring (bicyclic) bond motifs is 2. The van der Waals surface area contributed by atoms with Crippen LogP contribution in [-0.2, 0) is 25.8 Å². The second kappa shape index (κ2) is 13.5. The number of hydrogen-bond acceptors (Lipinski definition) is 8. The highest BCUT2D eigenvalue weighted by Crippen LogP contribution is 2.63. The molecule has 6 rings (SSSR count). The second-order valence-electron chi connectivity index (χ2n) is 12.9. The summed E-state index contributed by atoms with van der Waals surface area (Å²) >= 11 is 0. The lowest BCUT2D eigenvalue weighted by atomic mass is 9.66. The summed E-state index contributed by atoms with van der Waals surface area (Å²) in [5, 5.41) is 18.1. The van der Waals surface area contributed by atoms with Crippen molar-refractivity contribution in [2.24, 2.45) is 11.8 Å². The topological polar surface area (TPSA) is 130 Å². The number of nitrogens with zero attached hydrogens (tertiary/aromatic N) is 6. The van der Waals surface area contributed by atoms with Crippen LogP contribution in [0, 0.1) is 11.8 Å². The molecule has 3 aliphatic rings. The van der Waals surface area contributed by atoms with E-state index < -0.39 is 29.1 Å². The van der Waals surface area contributed by atoms with Gasteiger partial charge in [0.05, 0.1) is 29.6 Å². The van der Waals surface area contributed by atoms with E-state index in [0.29, 0.717) is 49.2 Å². The Morgan fingerprint density at radius 2 is 1.83 bits per heavy atom. The van der Waals surface area contributed by atoms with E-state index in [-0.39, 0.29) is 50.6 Å². The molecule has 2 bridgehead atoms. The van der Waals surface area contributed by atoms with E-state index in [9.17, 15) is 19.5 Å². The van der Waals surface area contributed by atoms with Crippen LogP contribution in [0.1, 0.15) is 39.5 Å². The maximum absolute atomic E-state index is 14.8. The van der Waals surface area contributed by atoms with Gasteiger partial charge in [0.25, 0.3) is 0 Å². The van der Waals surface area contributed by atoms with E-state index >= 15 is 0 Å². The number of aromatic nitrogens is 3. The predicted octanol–water partition coefficient (Wildman–Crippen LogP) is 3.56. The molecular weight excluding hydrogens is 612 g/mol. The van der Waals surface area contributed by atoms with Crippen LogP contribution in [0.25, 0.3) is 11.0 Å². The van der Waals surface area contributed by atoms with E-state index in [0.717, 1.165) is 5.52 Å². The Morgan fingerprint density at radius 3 is 2.54 bits per heavy atom. The Bertz CT molecular complexity index is 1690. The maximum Gasteiger partial charge on any atom is 0.250 e. The number of amides is 3. The van der Waals surface area contributed by atoms with Gasteiger partial charge in [0.1, 0.15) is 29.6 Å². The molecule has 12 heteroatoms. The first-order valence-electron chi connectivity index (χ1n) is 16.7. The fourth-order valence-corrected chi connectivity index (χ4v) is 7.95. The van der Waals surface area contributed by atoms with Crippen molar-refractivity contribution in [3.8, 4) is 5.75 Å². The standard InChI is InChI=1S/C36H44N6O6/c1-5-20-39(24-42-28-13-9-8-12-27(28)37-38-42)34(46)31-36-19-18-35(4,48-36)29(30(36)33(45)41(31)22-10-11-23-43)32(44)40(21-6-2)25-14-16-26(17-15-25)47-7-3/h5-6,8-9,12-17,29-31,43H,1-2,7,10-11,18-24H2,3-4H3/t29-,30-,31?,35+,36?/m0/s1. The van der Waals surface area contributed by atoms with Crippen LogP contribution < -0.4 is 9.64 Å². The molecule has 3 aromatic rings. The van der Waals surface area contributed by atoms with Crippen molar-refractivity contribution >= 4 is 34.4 Å². The third-order valence-electron chi connectivity index (χ3n) is 10.0. The van der Waals surface area contributed by atoms with Gasteiger partial charge >= 0.3 is 0 Å². The molecule has 2 aromatic carbocycles. The number of benzene rings is 2. The van der Waals surface area contributed by atoms with Crippen LogP contribution in [0.4, 0.5) is 5.69 Å². The number of likely N-dealkylation sites (tertiary alicyclic amines) is 1. The van der Waals surface area contributed by atoms with E-state index in [4.69, 9.17) is 9.47 Å². The zero-order valence-electron chi connectivity index (χ0n) is 27.7. The number of ether oxygens (including phenoxy) is 2. The van der Waals surface area contributed by atoms with Gasteiger partial charge in [-0.3, -0.25) is 14.4 Å². The molecular formula is C36H44N6O6. The quantitative estimate of drug-likeness (QED) is 0.194. The third kappa shape index (κ3) is 5.56. The molecule has 3 saturated heterocycles. The highest BCUT2D eigenvalue weighted by atomic mass is 16.5. The summed E-state index contributed by atoms with van der Waals surface area (Å²) in [6.45, 7) is 12.8. The van der Waals surface area contributed by atoms with Gasteiger partial charge < -0.3 is 29.3 Å². The van der Waals surface area contributed by atoms with Gasteiger partial charge in [-0.1, -0.05) is 29.5 Å². The third-order valence-corrected chi connectivity index (χ3v) is 10.0. The Labute approximate surface area is 280 Å². The number of anilines is 1. The van der Waals surface area contributed by atoms with Crippen molar-refractivity contribution in [1.82, 2.24) is 24.8 Å². The minimum absolute atomic E-state index is 0.0363. The highest BCUT2D eigenvalue weighted by molar-refractivity contribution is 6.03. The van der Waals surface area contributed by atoms with Gasteiger partial charge in [0.2, 0.25) is 17.7 Å². The number of para-hydroxylation sites is 1. The van der Waals surface area contributed by atoms with Crippen molar-refractivity contribution < 1.29 is 29.0 Å². The minimum Gasteiger partial charge on any atom is -0.494 e. The van der Waals surface area contributed by atoms with Crippen molar-refractivity contribution in [3.05, 3.63) is 73.8 Å². The van der Waals surface area contributed by atoms with Gasteiger partial charge in [-0.25, -0.2) is 4.68 Å². The SMILES string of the molecule is C=CCN(Cn1nnc2ccccc21)C(=O)C1N(CCCCO)C(=O)[C@@H]2[C@@H](C(=O)N(CC=C)c3ccc(OCC)cc3)[C@@]3(C)CCC12O3. The summed E-state index contributed by atoms with van der Waals surface area (Å²) in [5.41, 5.74) is -0.0365. The molecule has 0 radical (unpaired) electrons. The normalized spacial score (nSPS) is 25.7. The number of carbonyl (C=O) groups is 3. The summed E-state index contributed by atoms with van der Waals surface area (Å²) in [6, 6.07) is 13.8. The molecule has 254 valence electrons. The van der Waals surface area contributed by atoms with Crippen molar-refractivity contribution in [2.45, 2.75) is 63.4 Å². The number of aliphatic hydroxyl groups excluding tert-OH is 1. The Hall–Kier alpha value is -4.55. The van der Waals surface area contributed by atoms with Gasteiger partial charge in [0.15, 0.2) is 0 Å². The number of carbonyl (C=O) groups excluding carboxylic acids is 3. The van der Waals surface area contributed by atoms with Crippen LogP contribution in [-0.4, -0.2) is 97.7 Å². The number of unbranched alkanes of at least 4 members (excludes halogenated alkanes) is 1. The van der Waals surface area contributed by atoms with Crippen molar-refractivity contribution in [1.29, 1.82) is 0 Å². The van der Waals surface area contributed by atoms with Gasteiger partial charge in [-0.05, 0) is 75.9 Å². The Morgan fingerprint density at radius 1 is 1.08 bits per heavy atom. The first-order valence-corrected chi connectivity index (χ1v) is 16.7. The van der Waals surface area contributed by atoms with Gasteiger partial charge in [-0.15, -0.1) is 18.3 Å². The fraction of sp³-hybridized carbons (Fsp3) is 0.472. The number of rotatable bonds is 15. The Kier molecular flexibility index (Phi) is 9.39. The van der Waals surface area contributed by atoms with E-state index in [1.807, 2.05) is 62.4 Å². The zero-order valence-corrected chi connectivity index (χ0v) is 27.7. The molecule has 1 N–H and O–H groups in total. The second-order valence-corrected chi connectivity index (χ2v) is 12.9. The molecule has 3 fully saturated rings. The summed E-state index contributed by atoms with van der Waals surface area (Å²) < 4.78 is 14.1. The number of hydrogen-bond donors (Lipinski definition) is 1. The lowest BCUT2D eigenvalue weighted by molar-refractivity contribution is -0.152. The number of aliphatic hydroxyl groups is 1. The molecule has 3 amide bonds. The molecule has 0 saturated carbocycles. The largest absolute Gasteiger partial charge is 0.494 e. The molecule has 3 aliphatic heterocycles. The first kappa shape index (κ1) is 33.4. The van der Waals surface area contributed by atoms with E-state index in [1.54, 1.807) is 31.5 Å². The zero-order chi connectivity index (χ0) is 34.1. The molecule has 0 aliphatic carbocycles. The van der Waals surface area contributed by atoms with E-state index in [1.165, 1.54) is 0 Å². The summed E-state index contributed by atoms with van der Waals surface area (Å²) in [4.78, 5) is 48.9. The fourth-order valence-electron chi connectivity index (χ4n) is 7.95. The van der Waals surface area contributed by atoms with E-state index in [2.05, 4.69) is 23.5 Å². The average Bonchev–Trinajstić information content (AvgIpc) is 3.79. The summed E-state index contributed by atoms with van der Waals surface area (Å²) in [6.07, 6.45) is 5.23. The highest BCUT2D eigenvalue weighted by Gasteiger charge is 2.78. The molecule has 2 unspecified atom stereocenters. The Balaban J connectivity index is 1.37. The van der Waals surface area contributed by atoms with Crippen LogP contribution >= 0.6 is 0 Å².